The van der Waals surface area contributed by atoms with Crippen LogP contribution in [0, 0.1) is 0 Å². The van der Waals surface area contributed by atoms with Crippen LogP contribution in [0.4, 0.5) is 4.79 Å². The zero-order valence-corrected chi connectivity index (χ0v) is 9.79. The summed E-state index contributed by atoms with van der Waals surface area (Å²) >= 11 is 0. The van der Waals surface area contributed by atoms with Gasteiger partial charge in [-0.2, -0.15) is 0 Å². The molecule has 0 aromatic rings. The molecular weight excluding hydrogens is 206 g/mol. The van der Waals surface area contributed by atoms with Crippen LogP contribution in [0.3, 0.4) is 0 Å². The third-order valence-corrected chi connectivity index (χ3v) is 3.47. The van der Waals surface area contributed by atoms with E-state index in [2.05, 4.69) is 16.0 Å². The molecule has 0 bridgehead atoms. The second-order valence-corrected chi connectivity index (χ2v) is 4.64. The van der Waals surface area contributed by atoms with Gasteiger partial charge in [0.15, 0.2) is 0 Å². The molecule has 16 heavy (non-hydrogen) atoms. The van der Waals surface area contributed by atoms with E-state index in [-0.39, 0.29) is 18.2 Å². The van der Waals surface area contributed by atoms with Gasteiger partial charge < -0.3 is 20.7 Å². The average Bonchev–Trinajstić information content (AvgIpc) is 2.88. The number of carbonyl (C=O) groups is 1. The van der Waals surface area contributed by atoms with Crippen molar-refractivity contribution >= 4 is 6.03 Å². The summed E-state index contributed by atoms with van der Waals surface area (Å²) in [4.78, 5) is 11.7. The molecule has 2 fully saturated rings. The lowest BCUT2D eigenvalue weighted by atomic mass is 10.2. The molecule has 0 spiro atoms. The fourth-order valence-corrected chi connectivity index (χ4v) is 2.51. The summed E-state index contributed by atoms with van der Waals surface area (Å²) in [5, 5.41) is 9.19. The van der Waals surface area contributed by atoms with E-state index in [0.29, 0.717) is 6.04 Å². The maximum Gasteiger partial charge on any atom is 0.315 e. The van der Waals surface area contributed by atoms with Gasteiger partial charge in [-0.05, 0) is 12.8 Å². The predicted octanol–water partition coefficient (Wildman–Crippen LogP) is 0.215. The Morgan fingerprint density at radius 2 is 2.00 bits per heavy atom. The minimum atomic E-state index is -0.0531. The lowest BCUT2D eigenvalue weighted by molar-refractivity contribution is 0.0982. The molecule has 5 heteroatoms. The fraction of sp³-hybridized carbons (Fsp3) is 0.909. The van der Waals surface area contributed by atoms with Gasteiger partial charge in [0.25, 0.3) is 0 Å². The van der Waals surface area contributed by atoms with Gasteiger partial charge in [-0.15, -0.1) is 0 Å². The summed E-state index contributed by atoms with van der Waals surface area (Å²) in [7, 11) is 1.68. The van der Waals surface area contributed by atoms with E-state index in [1.165, 1.54) is 12.8 Å². The molecule has 92 valence electrons. The first kappa shape index (κ1) is 11.7. The summed E-state index contributed by atoms with van der Waals surface area (Å²) in [6.45, 7) is 1.60. The van der Waals surface area contributed by atoms with Crippen molar-refractivity contribution in [2.24, 2.45) is 0 Å². The molecule has 1 aliphatic carbocycles. The maximum atomic E-state index is 11.7. The van der Waals surface area contributed by atoms with Gasteiger partial charge in [-0.25, -0.2) is 4.79 Å². The van der Waals surface area contributed by atoms with Crippen molar-refractivity contribution in [1.29, 1.82) is 0 Å². The molecule has 2 atom stereocenters. The average molecular weight is 227 g/mol. The zero-order valence-electron chi connectivity index (χ0n) is 9.79. The first-order valence-corrected chi connectivity index (χ1v) is 6.10. The van der Waals surface area contributed by atoms with E-state index < -0.39 is 0 Å². The number of urea groups is 1. The van der Waals surface area contributed by atoms with Crippen molar-refractivity contribution in [3.63, 3.8) is 0 Å². The lowest BCUT2D eigenvalue weighted by Crippen LogP contribution is -2.50. The molecule has 1 saturated heterocycles. The van der Waals surface area contributed by atoms with Crippen molar-refractivity contribution in [2.75, 3.05) is 20.2 Å². The molecule has 2 amide bonds. The Morgan fingerprint density at radius 1 is 1.25 bits per heavy atom. The lowest BCUT2D eigenvalue weighted by Gasteiger charge is -2.20. The van der Waals surface area contributed by atoms with Gasteiger partial charge in [-0.3, -0.25) is 0 Å². The largest absolute Gasteiger partial charge is 0.378 e. The molecule has 3 N–H and O–H groups in total. The highest BCUT2D eigenvalue weighted by molar-refractivity contribution is 5.74. The highest BCUT2D eigenvalue weighted by Crippen LogP contribution is 2.17. The van der Waals surface area contributed by atoms with Gasteiger partial charge in [0.1, 0.15) is 0 Å². The third-order valence-electron chi connectivity index (χ3n) is 3.47. The zero-order chi connectivity index (χ0) is 11.4. The van der Waals surface area contributed by atoms with Crippen molar-refractivity contribution in [3.05, 3.63) is 0 Å². The molecule has 0 aromatic heterocycles. The minimum absolute atomic E-state index is 0.0531. The predicted molar refractivity (Wildman–Crippen MR) is 61.4 cm³/mol. The van der Waals surface area contributed by atoms with Gasteiger partial charge in [-0.1, -0.05) is 12.8 Å². The molecule has 1 saturated carbocycles. The van der Waals surface area contributed by atoms with Gasteiger partial charge in [0, 0.05) is 26.2 Å². The van der Waals surface area contributed by atoms with Crippen molar-refractivity contribution in [2.45, 2.75) is 43.9 Å². The Hall–Kier alpha value is -0.810. The van der Waals surface area contributed by atoms with E-state index >= 15 is 0 Å². The van der Waals surface area contributed by atoms with Crippen LogP contribution in [0.25, 0.3) is 0 Å². The SMILES string of the molecule is CO[C@H]1CNCC1NC(=O)NC1CCCC1. The Labute approximate surface area is 96.3 Å². The second kappa shape index (κ2) is 5.50. The molecule has 2 rings (SSSR count). The van der Waals surface area contributed by atoms with Crippen molar-refractivity contribution < 1.29 is 9.53 Å². The molecule has 5 nitrogen and oxygen atoms in total. The van der Waals surface area contributed by atoms with E-state index in [0.717, 1.165) is 25.9 Å². The summed E-state index contributed by atoms with van der Waals surface area (Å²) in [6, 6.07) is 0.407. The second-order valence-electron chi connectivity index (χ2n) is 4.64. The van der Waals surface area contributed by atoms with Crippen molar-refractivity contribution in [3.8, 4) is 0 Å². The number of ether oxygens (including phenoxy) is 1. The number of hydrogen-bond acceptors (Lipinski definition) is 3. The third kappa shape index (κ3) is 2.86. The Kier molecular flexibility index (Phi) is 4.01. The van der Waals surface area contributed by atoms with Crippen LogP contribution in [0.2, 0.25) is 0 Å². The number of carbonyl (C=O) groups excluding carboxylic acids is 1. The van der Waals surface area contributed by atoms with Gasteiger partial charge in [0.2, 0.25) is 0 Å². The van der Waals surface area contributed by atoms with E-state index in [1.54, 1.807) is 7.11 Å². The van der Waals surface area contributed by atoms with Crippen LogP contribution in [-0.4, -0.2) is 44.4 Å². The standard InChI is InChI=1S/C11H21N3O2/c1-16-10-7-12-6-9(10)14-11(15)13-8-4-2-3-5-8/h8-10,12H,2-7H2,1H3,(H2,13,14,15)/t9?,10-/m0/s1. The smallest absolute Gasteiger partial charge is 0.315 e. The van der Waals surface area contributed by atoms with Crippen LogP contribution in [0.5, 0.6) is 0 Å². The highest BCUT2D eigenvalue weighted by atomic mass is 16.5. The summed E-state index contributed by atoms with van der Waals surface area (Å²) in [5.41, 5.74) is 0. The quantitative estimate of drug-likeness (QED) is 0.646. The number of amides is 2. The topological polar surface area (TPSA) is 62.4 Å². The van der Waals surface area contributed by atoms with Crippen LogP contribution >= 0.6 is 0 Å². The number of methoxy groups -OCH3 is 1. The number of nitrogens with one attached hydrogen (secondary N) is 3. The number of hydrogen-bond donors (Lipinski definition) is 3. The molecule has 1 unspecified atom stereocenters. The normalized spacial score (nSPS) is 30.6. The molecule has 2 aliphatic rings. The minimum Gasteiger partial charge on any atom is -0.378 e. The fourth-order valence-electron chi connectivity index (χ4n) is 2.51. The molecule has 0 aromatic carbocycles. The van der Waals surface area contributed by atoms with Crippen LogP contribution < -0.4 is 16.0 Å². The van der Waals surface area contributed by atoms with Crippen LogP contribution in [0.1, 0.15) is 25.7 Å². The summed E-state index contributed by atoms with van der Waals surface area (Å²) in [5.74, 6) is 0. The molecule has 1 heterocycles. The van der Waals surface area contributed by atoms with E-state index in [9.17, 15) is 4.79 Å². The summed E-state index contributed by atoms with van der Waals surface area (Å²) < 4.78 is 5.29. The first-order chi connectivity index (χ1) is 7.79. The Bertz CT molecular complexity index is 241. The molecule has 1 aliphatic heterocycles. The first-order valence-electron chi connectivity index (χ1n) is 6.10. The highest BCUT2D eigenvalue weighted by Gasteiger charge is 2.28. The monoisotopic (exact) mass is 227 g/mol. The summed E-state index contributed by atoms with van der Waals surface area (Å²) in [6.07, 6.45) is 4.79. The molecular formula is C11H21N3O2. The van der Waals surface area contributed by atoms with Crippen LogP contribution in [-0.2, 0) is 4.74 Å². The van der Waals surface area contributed by atoms with E-state index in [1.807, 2.05) is 0 Å². The Balaban J connectivity index is 1.73. The van der Waals surface area contributed by atoms with Gasteiger partial charge >= 0.3 is 6.03 Å². The van der Waals surface area contributed by atoms with E-state index in [4.69, 9.17) is 4.74 Å². The number of rotatable bonds is 3. The molecule has 0 radical (unpaired) electrons. The van der Waals surface area contributed by atoms with Gasteiger partial charge in [0.05, 0.1) is 12.1 Å². The van der Waals surface area contributed by atoms with Crippen LogP contribution in [0.15, 0.2) is 0 Å². The van der Waals surface area contributed by atoms with Crippen molar-refractivity contribution in [1.82, 2.24) is 16.0 Å². The maximum absolute atomic E-state index is 11.7. The Morgan fingerprint density at radius 3 is 2.69 bits per heavy atom.